The fraction of sp³-hybridized carbons (Fsp3) is 0.400. The van der Waals surface area contributed by atoms with E-state index >= 15 is 0 Å². The maximum Gasteiger partial charge on any atom is 0.293 e. The van der Waals surface area contributed by atoms with Gasteiger partial charge in [0.2, 0.25) is 5.91 Å². The van der Waals surface area contributed by atoms with Gasteiger partial charge in [-0.2, -0.15) is 0 Å². The SMILES string of the molecule is CCc1ccc(CNC(=O)[C@H]2CCCN(c3nc4ccccc4n(CC)c3=O)C2)cc1. The lowest BCUT2D eigenvalue weighted by Gasteiger charge is -2.32. The van der Waals surface area contributed by atoms with Crippen molar-refractivity contribution < 1.29 is 4.79 Å². The van der Waals surface area contributed by atoms with Crippen molar-refractivity contribution in [2.75, 3.05) is 18.0 Å². The van der Waals surface area contributed by atoms with Gasteiger partial charge in [0.1, 0.15) is 0 Å². The summed E-state index contributed by atoms with van der Waals surface area (Å²) in [7, 11) is 0. The van der Waals surface area contributed by atoms with Crippen LogP contribution >= 0.6 is 0 Å². The molecule has 31 heavy (non-hydrogen) atoms. The van der Waals surface area contributed by atoms with E-state index in [-0.39, 0.29) is 17.4 Å². The highest BCUT2D eigenvalue weighted by Gasteiger charge is 2.28. The first kappa shape index (κ1) is 21.1. The summed E-state index contributed by atoms with van der Waals surface area (Å²) >= 11 is 0. The van der Waals surface area contributed by atoms with Crippen LogP contribution in [0.1, 0.15) is 37.8 Å². The predicted molar refractivity (Wildman–Crippen MR) is 124 cm³/mol. The summed E-state index contributed by atoms with van der Waals surface area (Å²) in [4.78, 5) is 32.6. The normalized spacial score (nSPS) is 16.5. The molecule has 0 radical (unpaired) electrons. The molecule has 1 aromatic heterocycles. The van der Waals surface area contributed by atoms with Crippen LogP contribution in [0.25, 0.3) is 11.0 Å². The number of aryl methyl sites for hydroxylation is 2. The summed E-state index contributed by atoms with van der Waals surface area (Å²) in [5, 5.41) is 3.08. The smallest absolute Gasteiger partial charge is 0.293 e. The van der Waals surface area contributed by atoms with Gasteiger partial charge in [-0.3, -0.25) is 9.59 Å². The number of hydrogen-bond donors (Lipinski definition) is 1. The lowest BCUT2D eigenvalue weighted by atomic mass is 9.97. The maximum atomic E-state index is 13.1. The molecule has 1 aliphatic heterocycles. The Labute approximate surface area is 182 Å². The number of para-hydroxylation sites is 2. The largest absolute Gasteiger partial charge is 0.352 e. The average Bonchev–Trinajstić information content (AvgIpc) is 2.82. The minimum Gasteiger partial charge on any atom is -0.352 e. The first-order chi connectivity index (χ1) is 15.1. The van der Waals surface area contributed by atoms with Crippen LogP contribution in [0, 0.1) is 5.92 Å². The van der Waals surface area contributed by atoms with Gasteiger partial charge in [-0.25, -0.2) is 4.98 Å². The third-order valence-electron chi connectivity index (χ3n) is 6.14. The second-order valence-electron chi connectivity index (χ2n) is 8.15. The van der Waals surface area contributed by atoms with E-state index in [9.17, 15) is 9.59 Å². The Morgan fingerprint density at radius 3 is 2.58 bits per heavy atom. The number of aromatic nitrogens is 2. The molecule has 1 aliphatic rings. The molecule has 6 heteroatoms. The number of carbonyl (C=O) groups is 1. The Balaban J connectivity index is 1.48. The van der Waals surface area contributed by atoms with Crippen LogP contribution < -0.4 is 15.8 Å². The number of anilines is 1. The van der Waals surface area contributed by atoms with Crippen molar-refractivity contribution in [2.45, 2.75) is 46.2 Å². The van der Waals surface area contributed by atoms with E-state index in [1.54, 1.807) is 4.57 Å². The molecule has 6 nitrogen and oxygen atoms in total. The minimum atomic E-state index is -0.147. The molecular weight excluding hydrogens is 388 g/mol. The first-order valence-electron chi connectivity index (χ1n) is 11.2. The molecule has 4 rings (SSSR count). The standard InChI is InChI=1S/C25H30N4O2/c1-3-18-11-13-19(14-12-18)16-26-24(30)20-8-7-15-28(17-20)23-25(31)29(4-2)22-10-6-5-9-21(22)27-23/h5-6,9-14,20H,3-4,7-8,15-17H2,1-2H3,(H,26,30)/t20-/m0/s1. The summed E-state index contributed by atoms with van der Waals surface area (Å²) < 4.78 is 1.77. The highest BCUT2D eigenvalue weighted by molar-refractivity contribution is 5.80. The summed E-state index contributed by atoms with van der Waals surface area (Å²) in [5.41, 5.74) is 3.96. The molecule has 0 aliphatic carbocycles. The monoisotopic (exact) mass is 418 g/mol. The fourth-order valence-electron chi connectivity index (χ4n) is 4.31. The van der Waals surface area contributed by atoms with E-state index in [2.05, 4.69) is 41.5 Å². The Morgan fingerprint density at radius 1 is 1.10 bits per heavy atom. The summed E-state index contributed by atoms with van der Waals surface area (Å²) in [5.74, 6) is 0.348. The third kappa shape index (κ3) is 4.48. The van der Waals surface area contributed by atoms with Crippen LogP contribution in [0.2, 0.25) is 0 Å². The molecular formula is C25H30N4O2. The van der Waals surface area contributed by atoms with Crippen molar-refractivity contribution in [2.24, 2.45) is 5.92 Å². The number of piperidine rings is 1. The molecule has 0 saturated carbocycles. The van der Waals surface area contributed by atoms with E-state index in [1.807, 2.05) is 36.1 Å². The van der Waals surface area contributed by atoms with Crippen molar-refractivity contribution in [3.8, 4) is 0 Å². The second kappa shape index (κ2) is 9.33. The predicted octanol–water partition coefficient (Wildman–Crippen LogP) is 3.51. The van der Waals surface area contributed by atoms with Gasteiger partial charge in [0.15, 0.2) is 5.82 Å². The summed E-state index contributed by atoms with van der Waals surface area (Å²) in [6.07, 6.45) is 2.70. The molecule has 3 aromatic rings. The number of carbonyl (C=O) groups excluding carboxylic acids is 1. The zero-order valence-electron chi connectivity index (χ0n) is 18.3. The van der Waals surface area contributed by atoms with E-state index in [4.69, 9.17) is 0 Å². The molecule has 1 saturated heterocycles. The molecule has 1 fully saturated rings. The van der Waals surface area contributed by atoms with Crippen molar-refractivity contribution >= 4 is 22.8 Å². The van der Waals surface area contributed by atoms with Gasteiger partial charge < -0.3 is 14.8 Å². The molecule has 0 bridgehead atoms. The van der Waals surface area contributed by atoms with Gasteiger partial charge in [-0.05, 0) is 49.4 Å². The number of nitrogens with one attached hydrogen (secondary N) is 1. The molecule has 0 spiro atoms. The lowest BCUT2D eigenvalue weighted by Crippen LogP contribution is -2.45. The summed E-state index contributed by atoms with van der Waals surface area (Å²) in [6, 6.07) is 16.1. The molecule has 2 aromatic carbocycles. The summed E-state index contributed by atoms with van der Waals surface area (Å²) in [6.45, 7) is 6.47. The molecule has 2 heterocycles. The Hall–Kier alpha value is -3.15. The quantitative estimate of drug-likeness (QED) is 0.665. The Bertz CT molecular complexity index is 1120. The molecule has 1 N–H and O–H groups in total. The second-order valence-corrected chi connectivity index (χ2v) is 8.15. The zero-order valence-corrected chi connectivity index (χ0v) is 18.3. The third-order valence-corrected chi connectivity index (χ3v) is 6.14. The fourth-order valence-corrected chi connectivity index (χ4v) is 4.31. The van der Waals surface area contributed by atoms with Gasteiger partial charge in [0.05, 0.1) is 17.0 Å². The van der Waals surface area contributed by atoms with Crippen molar-refractivity contribution in [3.63, 3.8) is 0 Å². The van der Waals surface area contributed by atoms with Gasteiger partial charge in [0, 0.05) is 26.2 Å². The topological polar surface area (TPSA) is 67.2 Å². The van der Waals surface area contributed by atoms with Crippen LogP contribution in [0.5, 0.6) is 0 Å². The average molecular weight is 419 g/mol. The number of amides is 1. The van der Waals surface area contributed by atoms with Crippen LogP contribution in [0.4, 0.5) is 5.82 Å². The first-order valence-corrected chi connectivity index (χ1v) is 11.2. The molecule has 1 atom stereocenters. The Kier molecular flexibility index (Phi) is 6.35. The van der Waals surface area contributed by atoms with Crippen LogP contribution in [0.3, 0.4) is 0 Å². The maximum absolute atomic E-state index is 13.1. The van der Waals surface area contributed by atoms with E-state index in [0.717, 1.165) is 42.4 Å². The molecule has 0 unspecified atom stereocenters. The van der Waals surface area contributed by atoms with Crippen LogP contribution in [-0.4, -0.2) is 28.5 Å². The number of hydrogen-bond acceptors (Lipinski definition) is 4. The molecule has 1 amide bonds. The van der Waals surface area contributed by atoms with E-state index in [0.29, 0.717) is 25.5 Å². The Morgan fingerprint density at radius 2 is 1.84 bits per heavy atom. The van der Waals surface area contributed by atoms with E-state index in [1.165, 1.54) is 5.56 Å². The molecule has 162 valence electrons. The van der Waals surface area contributed by atoms with Crippen molar-refractivity contribution in [3.05, 3.63) is 70.0 Å². The number of fused-ring (bicyclic) bond motifs is 1. The van der Waals surface area contributed by atoms with Gasteiger partial charge >= 0.3 is 0 Å². The van der Waals surface area contributed by atoms with Crippen LogP contribution in [-0.2, 0) is 24.3 Å². The van der Waals surface area contributed by atoms with Crippen molar-refractivity contribution in [1.82, 2.24) is 14.9 Å². The number of benzene rings is 2. The minimum absolute atomic E-state index is 0.0425. The number of rotatable bonds is 6. The highest BCUT2D eigenvalue weighted by Crippen LogP contribution is 2.22. The van der Waals surface area contributed by atoms with Crippen LogP contribution in [0.15, 0.2) is 53.3 Å². The highest BCUT2D eigenvalue weighted by atomic mass is 16.2. The van der Waals surface area contributed by atoms with Gasteiger partial charge in [0.25, 0.3) is 5.56 Å². The zero-order chi connectivity index (χ0) is 21.8. The van der Waals surface area contributed by atoms with Gasteiger partial charge in [-0.15, -0.1) is 0 Å². The van der Waals surface area contributed by atoms with Gasteiger partial charge in [-0.1, -0.05) is 43.3 Å². The number of nitrogens with zero attached hydrogens (tertiary/aromatic N) is 3. The van der Waals surface area contributed by atoms with Crippen molar-refractivity contribution in [1.29, 1.82) is 0 Å². The van der Waals surface area contributed by atoms with E-state index < -0.39 is 0 Å². The lowest BCUT2D eigenvalue weighted by molar-refractivity contribution is -0.125.